The molecule has 1 aliphatic rings. The largest absolute Gasteiger partial charge is 0.345 e. The molecule has 2 heterocycles. The minimum absolute atomic E-state index is 0.319. The summed E-state index contributed by atoms with van der Waals surface area (Å²) in [5.41, 5.74) is 4.63. The molecule has 8 heteroatoms. The van der Waals surface area contributed by atoms with Crippen LogP contribution < -0.4 is 4.90 Å². The van der Waals surface area contributed by atoms with E-state index in [1.54, 1.807) is 33.8 Å². The first-order valence-corrected chi connectivity index (χ1v) is 12.5. The molecule has 0 atom stereocenters. The molecule has 29 heavy (non-hydrogen) atoms. The Bertz CT molecular complexity index is 1140. The van der Waals surface area contributed by atoms with Crippen LogP contribution in [0.4, 0.5) is 5.13 Å². The zero-order valence-electron chi connectivity index (χ0n) is 16.3. The Balaban J connectivity index is 1.49. The van der Waals surface area contributed by atoms with Gasteiger partial charge in [0.15, 0.2) is 5.13 Å². The van der Waals surface area contributed by atoms with E-state index < -0.39 is 10.0 Å². The van der Waals surface area contributed by atoms with Crippen LogP contribution >= 0.6 is 27.3 Å². The lowest BCUT2D eigenvalue weighted by molar-refractivity contribution is 0.384. The van der Waals surface area contributed by atoms with Gasteiger partial charge in [-0.25, -0.2) is 13.4 Å². The lowest BCUT2D eigenvalue weighted by atomic mass is 10.0. The van der Waals surface area contributed by atoms with Gasteiger partial charge in [0, 0.05) is 41.6 Å². The van der Waals surface area contributed by atoms with E-state index in [0.717, 1.165) is 16.4 Å². The Kier molecular flexibility index (Phi) is 5.79. The molecular formula is C21H22BrN3O2S2. The average molecular weight is 492 g/mol. The summed E-state index contributed by atoms with van der Waals surface area (Å²) < 4.78 is 28.1. The van der Waals surface area contributed by atoms with Gasteiger partial charge in [0.05, 0.1) is 10.6 Å². The molecule has 1 aromatic heterocycles. The maximum Gasteiger partial charge on any atom is 0.244 e. The van der Waals surface area contributed by atoms with E-state index >= 15 is 0 Å². The third-order valence-electron chi connectivity index (χ3n) is 5.34. The summed E-state index contributed by atoms with van der Waals surface area (Å²) in [6, 6.07) is 13.2. The highest BCUT2D eigenvalue weighted by atomic mass is 79.9. The van der Waals surface area contributed by atoms with Gasteiger partial charge in [-0.15, -0.1) is 11.3 Å². The van der Waals surface area contributed by atoms with Crippen molar-refractivity contribution in [3.05, 3.63) is 63.4 Å². The van der Waals surface area contributed by atoms with Crippen LogP contribution in [0.15, 0.2) is 57.2 Å². The van der Waals surface area contributed by atoms with Crippen LogP contribution in [0.2, 0.25) is 0 Å². The summed E-state index contributed by atoms with van der Waals surface area (Å²) in [7, 11) is -3.50. The Morgan fingerprint density at radius 2 is 1.72 bits per heavy atom. The van der Waals surface area contributed by atoms with E-state index in [4.69, 9.17) is 4.98 Å². The van der Waals surface area contributed by atoms with E-state index in [0.29, 0.717) is 35.5 Å². The predicted molar refractivity (Wildman–Crippen MR) is 122 cm³/mol. The Hall–Kier alpha value is -1.74. The number of piperazine rings is 1. The van der Waals surface area contributed by atoms with Crippen molar-refractivity contribution in [2.45, 2.75) is 18.7 Å². The lowest BCUT2D eigenvalue weighted by Crippen LogP contribution is -2.48. The number of hydrogen-bond acceptors (Lipinski definition) is 5. The monoisotopic (exact) mass is 491 g/mol. The molecule has 1 fully saturated rings. The fraction of sp³-hybridized carbons (Fsp3) is 0.286. The maximum atomic E-state index is 13.0. The normalized spacial score (nSPS) is 15.6. The molecule has 0 N–H and O–H groups in total. The van der Waals surface area contributed by atoms with Crippen molar-refractivity contribution in [3.8, 4) is 11.3 Å². The summed E-state index contributed by atoms with van der Waals surface area (Å²) in [6.45, 7) is 6.38. The summed E-state index contributed by atoms with van der Waals surface area (Å²) in [5, 5.41) is 3.03. The molecular weight excluding hydrogens is 470 g/mol. The van der Waals surface area contributed by atoms with Gasteiger partial charge in [0.25, 0.3) is 0 Å². The fourth-order valence-corrected chi connectivity index (χ4v) is 6.74. The molecule has 1 aliphatic heterocycles. The Morgan fingerprint density at radius 1 is 1.00 bits per heavy atom. The second kappa shape index (κ2) is 8.18. The lowest BCUT2D eigenvalue weighted by Gasteiger charge is -2.34. The van der Waals surface area contributed by atoms with Crippen molar-refractivity contribution >= 4 is 42.4 Å². The number of aryl methyl sites for hydroxylation is 1. The number of thiazole rings is 1. The molecule has 0 bridgehead atoms. The molecule has 4 rings (SSSR count). The number of hydrogen-bond donors (Lipinski definition) is 0. The average Bonchev–Trinajstić information content (AvgIpc) is 3.20. The van der Waals surface area contributed by atoms with Crippen LogP contribution in [0.5, 0.6) is 0 Å². The number of benzene rings is 2. The minimum Gasteiger partial charge on any atom is -0.345 e. The van der Waals surface area contributed by atoms with E-state index in [2.05, 4.69) is 58.3 Å². The summed E-state index contributed by atoms with van der Waals surface area (Å²) in [6.07, 6.45) is 0. The molecule has 0 radical (unpaired) electrons. The van der Waals surface area contributed by atoms with Crippen LogP contribution in [0.1, 0.15) is 11.1 Å². The Morgan fingerprint density at radius 3 is 2.45 bits per heavy atom. The number of aromatic nitrogens is 1. The summed E-state index contributed by atoms with van der Waals surface area (Å²) in [4.78, 5) is 7.33. The highest BCUT2D eigenvalue weighted by Crippen LogP contribution is 2.32. The molecule has 5 nitrogen and oxygen atoms in total. The molecule has 0 saturated carbocycles. The first-order chi connectivity index (χ1) is 13.9. The van der Waals surface area contributed by atoms with Crippen LogP contribution in [0.25, 0.3) is 11.3 Å². The highest BCUT2D eigenvalue weighted by molar-refractivity contribution is 9.10. The van der Waals surface area contributed by atoms with Crippen molar-refractivity contribution in [2.75, 3.05) is 31.1 Å². The maximum absolute atomic E-state index is 13.0. The standard InChI is InChI=1S/C21H22BrN3O2S2/c1-15-6-5-7-17(16(15)2)19-14-28-21(23-19)24-10-12-25(13-11-24)29(26,27)20-9-4-3-8-18(20)22/h3-9,14H,10-13H2,1-2H3. The fourth-order valence-electron chi connectivity index (χ4n) is 3.47. The van der Waals surface area contributed by atoms with Crippen molar-refractivity contribution in [1.29, 1.82) is 0 Å². The zero-order valence-corrected chi connectivity index (χ0v) is 19.5. The van der Waals surface area contributed by atoms with Gasteiger partial charge >= 0.3 is 0 Å². The first-order valence-electron chi connectivity index (χ1n) is 9.39. The van der Waals surface area contributed by atoms with Crippen LogP contribution in [0, 0.1) is 13.8 Å². The smallest absolute Gasteiger partial charge is 0.244 e. The summed E-state index contributed by atoms with van der Waals surface area (Å²) >= 11 is 4.97. The van der Waals surface area contributed by atoms with Crippen molar-refractivity contribution in [3.63, 3.8) is 0 Å². The molecule has 0 unspecified atom stereocenters. The SMILES string of the molecule is Cc1cccc(-c2csc(N3CCN(S(=O)(=O)c4ccccc4Br)CC3)n2)c1C. The van der Waals surface area contributed by atoms with Crippen molar-refractivity contribution < 1.29 is 8.42 Å². The Labute approximate surface area is 184 Å². The second-order valence-electron chi connectivity index (χ2n) is 7.08. The van der Waals surface area contributed by atoms with E-state index in [9.17, 15) is 8.42 Å². The van der Waals surface area contributed by atoms with Gasteiger partial charge in [-0.1, -0.05) is 30.3 Å². The third-order valence-corrected chi connectivity index (χ3v) is 9.15. The van der Waals surface area contributed by atoms with E-state index in [-0.39, 0.29) is 0 Å². The van der Waals surface area contributed by atoms with Crippen LogP contribution in [-0.4, -0.2) is 43.9 Å². The van der Waals surface area contributed by atoms with Gasteiger partial charge in [-0.2, -0.15) is 4.31 Å². The van der Waals surface area contributed by atoms with Gasteiger partial charge in [0.2, 0.25) is 10.0 Å². The number of nitrogens with zero attached hydrogens (tertiary/aromatic N) is 3. The summed E-state index contributed by atoms with van der Waals surface area (Å²) in [5.74, 6) is 0. The van der Waals surface area contributed by atoms with Crippen LogP contribution in [-0.2, 0) is 10.0 Å². The minimum atomic E-state index is -3.50. The first kappa shape index (κ1) is 20.5. The third kappa shape index (κ3) is 3.99. The zero-order chi connectivity index (χ0) is 20.6. The van der Waals surface area contributed by atoms with Gasteiger partial charge in [0.1, 0.15) is 0 Å². The molecule has 3 aromatic rings. The van der Waals surface area contributed by atoms with E-state index in [1.807, 2.05) is 6.07 Å². The number of halogens is 1. The number of sulfonamides is 1. The van der Waals surface area contributed by atoms with Crippen molar-refractivity contribution in [1.82, 2.24) is 9.29 Å². The van der Waals surface area contributed by atoms with Gasteiger partial charge in [-0.05, 0) is 53.0 Å². The number of anilines is 1. The van der Waals surface area contributed by atoms with Gasteiger partial charge < -0.3 is 4.90 Å². The predicted octanol–water partition coefficient (Wildman–Crippen LogP) is 4.70. The topological polar surface area (TPSA) is 53.5 Å². The molecule has 152 valence electrons. The molecule has 0 spiro atoms. The van der Waals surface area contributed by atoms with Gasteiger partial charge in [-0.3, -0.25) is 0 Å². The molecule has 0 aliphatic carbocycles. The van der Waals surface area contributed by atoms with Crippen LogP contribution in [0.3, 0.4) is 0 Å². The quantitative estimate of drug-likeness (QED) is 0.530. The second-order valence-corrected chi connectivity index (χ2v) is 10.7. The highest BCUT2D eigenvalue weighted by Gasteiger charge is 2.30. The molecule has 1 saturated heterocycles. The molecule has 2 aromatic carbocycles. The van der Waals surface area contributed by atoms with E-state index in [1.165, 1.54) is 11.1 Å². The van der Waals surface area contributed by atoms with Crippen molar-refractivity contribution in [2.24, 2.45) is 0 Å². The number of rotatable bonds is 4. The molecule has 0 amide bonds.